The molecular weight excluding hydrogens is 236 g/mol. The smallest absolute Gasteiger partial charge is 0.228 e. The number of nitrogens with zero attached hydrogens (tertiary/aromatic N) is 1. The lowest BCUT2D eigenvalue weighted by atomic mass is 9.96. The molecule has 1 atom stereocenters. The van der Waals surface area contributed by atoms with Gasteiger partial charge in [0.2, 0.25) is 5.91 Å². The Morgan fingerprint density at radius 1 is 1.37 bits per heavy atom. The molecule has 0 unspecified atom stereocenters. The average molecular weight is 260 g/mol. The van der Waals surface area contributed by atoms with Crippen LogP contribution in [-0.2, 0) is 4.79 Å². The van der Waals surface area contributed by atoms with E-state index in [1.54, 1.807) is 0 Å². The van der Waals surface area contributed by atoms with E-state index in [0.29, 0.717) is 5.92 Å². The fourth-order valence-corrected chi connectivity index (χ4v) is 2.73. The predicted octanol–water partition coefficient (Wildman–Crippen LogP) is 3.09. The Kier molecular flexibility index (Phi) is 4.59. The maximum atomic E-state index is 12.4. The van der Waals surface area contributed by atoms with Crippen LogP contribution in [0.2, 0.25) is 0 Å². The Labute approximate surface area is 116 Å². The largest absolute Gasteiger partial charge is 0.326 e. The van der Waals surface area contributed by atoms with Crippen LogP contribution in [0.5, 0.6) is 0 Å². The summed E-state index contributed by atoms with van der Waals surface area (Å²) in [7, 11) is 2.08. The number of carbonyl (C=O) groups excluding carboxylic acids is 1. The Bertz CT molecular complexity index is 442. The molecule has 1 fully saturated rings. The number of likely N-dealkylation sites (tertiary alicyclic amines) is 1. The van der Waals surface area contributed by atoms with Crippen molar-refractivity contribution in [1.29, 1.82) is 0 Å². The zero-order valence-corrected chi connectivity index (χ0v) is 12.1. The van der Waals surface area contributed by atoms with Gasteiger partial charge in [0.1, 0.15) is 0 Å². The minimum absolute atomic E-state index is 0.124. The van der Waals surface area contributed by atoms with Gasteiger partial charge >= 0.3 is 0 Å². The van der Waals surface area contributed by atoms with Crippen molar-refractivity contribution in [1.82, 2.24) is 4.90 Å². The lowest BCUT2D eigenvalue weighted by Crippen LogP contribution is -2.38. The Balaban J connectivity index is 2.06. The van der Waals surface area contributed by atoms with Crippen LogP contribution in [0, 0.1) is 5.92 Å². The van der Waals surface area contributed by atoms with Crippen molar-refractivity contribution < 1.29 is 4.79 Å². The van der Waals surface area contributed by atoms with Gasteiger partial charge in [-0.1, -0.05) is 32.0 Å². The van der Waals surface area contributed by atoms with Gasteiger partial charge in [0.15, 0.2) is 0 Å². The molecule has 1 N–H and O–H groups in total. The standard InChI is InChI=1S/C16H24N2O/c1-12(2)14-8-4-5-9-15(14)17-16(19)13-7-6-10-18(3)11-13/h4-5,8-9,12-13H,6-7,10-11H2,1-3H3,(H,17,19)/t13-/m0/s1. The number of nitrogens with one attached hydrogen (secondary N) is 1. The maximum absolute atomic E-state index is 12.4. The second kappa shape index (κ2) is 6.20. The van der Waals surface area contributed by atoms with E-state index in [1.165, 1.54) is 5.56 Å². The molecular formula is C16H24N2O. The highest BCUT2D eigenvalue weighted by Gasteiger charge is 2.24. The summed E-state index contributed by atoms with van der Waals surface area (Å²) in [6.45, 7) is 6.28. The van der Waals surface area contributed by atoms with Crippen molar-refractivity contribution in [3.05, 3.63) is 29.8 Å². The van der Waals surface area contributed by atoms with Gasteiger partial charge < -0.3 is 10.2 Å². The van der Waals surface area contributed by atoms with Crippen LogP contribution in [0.3, 0.4) is 0 Å². The Hall–Kier alpha value is -1.35. The quantitative estimate of drug-likeness (QED) is 0.905. The van der Waals surface area contributed by atoms with Crippen molar-refractivity contribution in [3.63, 3.8) is 0 Å². The highest BCUT2D eigenvalue weighted by molar-refractivity contribution is 5.93. The summed E-state index contributed by atoms with van der Waals surface area (Å²) in [5, 5.41) is 3.12. The molecule has 1 saturated heterocycles. The summed E-state index contributed by atoms with van der Waals surface area (Å²) in [6, 6.07) is 8.10. The molecule has 1 aliphatic heterocycles. The molecule has 1 aliphatic rings. The summed E-state index contributed by atoms with van der Waals surface area (Å²) < 4.78 is 0. The van der Waals surface area contributed by atoms with Crippen molar-refractivity contribution in [2.45, 2.75) is 32.6 Å². The first-order chi connectivity index (χ1) is 9.08. The molecule has 0 saturated carbocycles. The van der Waals surface area contributed by atoms with E-state index in [9.17, 15) is 4.79 Å². The molecule has 0 spiro atoms. The molecule has 1 aromatic rings. The van der Waals surface area contributed by atoms with E-state index in [0.717, 1.165) is 31.6 Å². The third-order valence-electron chi connectivity index (χ3n) is 3.84. The van der Waals surface area contributed by atoms with Gasteiger partial charge in [0, 0.05) is 12.2 Å². The third kappa shape index (κ3) is 3.57. The third-order valence-corrected chi connectivity index (χ3v) is 3.84. The SMILES string of the molecule is CC(C)c1ccccc1NC(=O)[C@H]1CCCN(C)C1. The molecule has 1 amide bonds. The van der Waals surface area contributed by atoms with Gasteiger partial charge in [-0.3, -0.25) is 4.79 Å². The van der Waals surface area contributed by atoms with Crippen LogP contribution in [0.25, 0.3) is 0 Å². The van der Waals surface area contributed by atoms with Gasteiger partial charge in [0.25, 0.3) is 0 Å². The van der Waals surface area contributed by atoms with E-state index >= 15 is 0 Å². The molecule has 3 heteroatoms. The second-order valence-electron chi connectivity index (χ2n) is 5.83. The lowest BCUT2D eigenvalue weighted by molar-refractivity contribution is -0.121. The van der Waals surface area contributed by atoms with Crippen LogP contribution >= 0.6 is 0 Å². The van der Waals surface area contributed by atoms with Crippen LogP contribution in [0.4, 0.5) is 5.69 Å². The molecule has 1 heterocycles. The van der Waals surface area contributed by atoms with E-state index < -0.39 is 0 Å². The van der Waals surface area contributed by atoms with Crippen molar-refractivity contribution in [2.24, 2.45) is 5.92 Å². The van der Waals surface area contributed by atoms with Crippen molar-refractivity contribution >= 4 is 11.6 Å². The number of anilines is 1. The number of piperidine rings is 1. The molecule has 104 valence electrons. The van der Waals surface area contributed by atoms with Gasteiger partial charge in [-0.15, -0.1) is 0 Å². The number of amides is 1. The van der Waals surface area contributed by atoms with Crippen molar-refractivity contribution in [3.8, 4) is 0 Å². The predicted molar refractivity (Wildman–Crippen MR) is 79.4 cm³/mol. The van der Waals surface area contributed by atoms with Gasteiger partial charge in [0.05, 0.1) is 5.92 Å². The topological polar surface area (TPSA) is 32.3 Å². The zero-order valence-electron chi connectivity index (χ0n) is 12.1. The van der Waals surface area contributed by atoms with Gasteiger partial charge in [-0.25, -0.2) is 0 Å². The highest BCUT2D eigenvalue weighted by Crippen LogP contribution is 2.25. The normalized spacial score (nSPS) is 20.5. The number of para-hydroxylation sites is 1. The number of rotatable bonds is 3. The molecule has 0 aromatic heterocycles. The van der Waals surface area contributed by atoms with Crippen molar-refractivity contribution in [2.75, 3.05) is 25.5 Å². The van der Waals surface area contributed by atoms with Crippen LogP contribution in [-0.4, -0.2) is 30.9 Å². The lowest BCUT2D eigenvalue weighted by Gasteiger charge is -2.29. The highest BCUT2D eigenvalue weighted by atomic mass is 16.1. The summed E-state index contributed by atoms with van der Waals surface area (Å²) >= 11 is 0. The first-order valence-electron chi connectivity index (χ1n) is 7.16. The van der Waals surface area contributed by atoms with Gasteiger partial charge in [-0.2, -0.15) is 0 Å². The first-order valence-corrected chi connectivity index (χ1v) is 7.16. The van der Waals surface area contributed by atoms with E-state index in [-0.39, 0.29) is 11.8 Å². The second-order valence-corrected chi connectivity index (χ2v) is 5.83. The number of carbonyl (C=O) groups is 1. The summed E-state index contributed by atoms with van der Waals surface area (Å²) in [6.07, 6.45) is 2.11. The average Bonchev–Trinajstić information content (AvgIpc) is 2.39. The molecule has 1 aromatic carbocycles. The monoisotopic (exact) mass is 260 g/mol. The van der Waals surface area contributed by atoms with E-state index in [4.69, 9.17) is 0 Å². The summed E-state index contributed by atoms with van der Waals surface area (Å²) in [4.78, 5) is 14.6. The molecule has 19 heavy (non-hydrogen) atoms. The Morgan fingerprint density at radius 2 is 2.11 bits per heavy atom. The molecule has 3 nitrogen and oxygen atoms in total. The van der Waals surface area contributed by atoms with Crippen LogP contribution < -0.4 is 5.32 Å². The minimum atomic E-state index is 0.124. The molecule has 0 bridgehead atoms. The van der Waals surface area contributed by atoms with E-state index in [2.05, 4.69) is 37.2 Å². The number of hydrogen-bond donors (Lipinski definition) is 1. The molecule has 0 aliphatic carbocycles. The summed E-state index contributed by atoms with van der Waals surface area (Å²) in [5.74, 6) is 0.712. The van der Waals surface area contributed by atoms with Crippen LogP contribution in [0.15, 0.2) is 24.3 Å². The fourth-order valence-electron chi connectivity index (χ4n) is 2.73. The molecule has 2 rings (SSSR count). The van der Waals surface area contributed by atoms with E-state index in [1.807, 2.05) is 18.2 Å². The summed E-state index contributed by atoms with van der Waals surface area (Å²) in [5.41, 5.74) is 2.18. The first kappa shape index (κ1) is 14.1. The Morgan fingerprint density at radius 3 is 2.79 bits per heavy atom. The zero-order chi connectivity index (χ0) is 13.8. The maximum Gasteiger partial charge on any atom is 0.228 e. The minimum Gasteiger partial charge on any atom is -0.326 e. The number of hydrogen-bond acceptors (Lipinski definition) is 2. The number of benzene rings is 1. The van der Waals surface area contributed by atoms with Gasteiger partial charge in [-0.05, 0) is 44.0 Å². The molecule has 0 radical (unpaired) electrons. The van der Waals surface area contributed by atoms with Crippen LogP contribution in [0.1, 0.15) is 38.2 Å². The fraction of sp³-hybridized carbons (Fsp3) is 0.562.